The Hall–Kier alpha value is -2.86. The molecule has 0 fully saturated rings. The maximum atomic E-state index is 12.4. The van der Waals surface area contributed by atoms with Crippen LogP contribution in [0.1, 0.15) is 37.6 Å². The third-order valence-corrected chi connectivity index (χ3v) is 4.09. The van der Waals surface area contributed by atoms with Crippen LogP contribution in [0, 0.1) is 5.92 Å². The average molecular weight is 413 g/mol. The number of amides is 1. The molecule has 0 saturated carbocycles. The van der Waals surface area contributed by atoms with Crippen LogP contribution in [0.4, 0.5) is 5.69 Å². The summed E-state index contributed by atoms with van der Waals surface area (Å²) in [4.78, 5) is 12.4. The third-order valence-electron chi connectivity index (χ3n) is 3.88. The molecule has 0 radical (unpaired) electrons. The van der Waals surface area contributed by atoms with Gasteiger partial charge in [0, 0.05) is 17.3 Å². The first kappa shape index (κ1) is 22.4. The monoisotopic (exact) mass is 412 g/mol. The Morgan fingerprint density at radius 3 is 2.48 bits per heavy atom. The van der Waals surface area contributed by atoms with E-state index in [1.807, 2.05) is 31.2 Å². The highest BCUT2D eigenvalue weighted by atomic mass is 32.1. The largest absolute Gasteiger partial charge is 0.494 e. The predicted molar refractivity (Wildman–Crippen MR) is 122 cm³/mol. The summed E-state index contributed by atoms with van der Waals surface area (Å²) >= 11 is 5.25. The second kappa shape index (κ2) is 11.2. The molecule has 2 aromatic carbocycles. The van der Waals surface area contributed by atoms with Crippen molar-refractivity contribution in [3.63, 3.8) is 0 Å². The molecule has 0 unspecified atom stereocenters. The van der Waals surface area contributed by atoms with Gasteiger partial charge in [0.1, 0.15) is 18.1 Å². The van der Waals surface area contributed by atoms with Gasteiger partial charge in [0.15, 0.2) is 5.11 Å². The van der Waals surface area contributed by atoms with Crippen LogP contribution in [0.25, 0.3) is 0 Å². The van der Waals surface area contributed by atoms with Crippen molar-refractivity contribution in [1.82, 2.24) is 5.32 Å². The number of thiocarbonyl (C=S) groups is 1. The Morgan fingerprint density at radius 2 is 1.83 bits per heavy atom. The Kier molecular flexibility index (Phi) is 8.68. The highest BCUT2D eigenvalue weighted by Crippen LogP contribution is 2.18. The van der Waals surface area contributed by atoms with E-state index in [9.17, 15) is 4.79 Å². The van der Waals surface area contributed by atoms with Crippen LogP contribution in [0.5, 0.6) is 11.5 Å². The Morgan fingerprint density at radius 1 is 1.10 bits per heavy atom. The standard InChI is InChI=1S/C23H28N2O3S/c1-16(2)12-13-27-20-10-8-18(9-11-20)22(26)25-23(29)24-19-6-5-7-21(14-19)28-15-17(3)4/h5-11,14,16H,3,12-13,15H2,1-2,4H3,(H2,24,25,26,29). The van der Waals surface area contributed by atoms with Crippen molar-refractivity contribution in [3.05, 3.63) is 66.2 Å². The first-order chi connectivity index (χ1) is 13.8. The smallest absolute Gasteiger partial charge is 0.257 e. The van der Waals surface area contributed by atoms with Crippen LogP contribution in [0.3, 0.4) is 0 Å². The van der Waals surface area contributed by atoms with Crippen molar-refractivity contribution in [3.8, 4) is 11.5 Å². The van der Waals surface area contributed by atoms with Crippen LogP contribution in [-0.2, 0) is 0 Å². The lowest BCUT2D eigenvalue weighted by Gasteiger charge is -2.12. The molecule has 0 spiro atoms. The molecular weight excluding hydrogens is 384 g/mol. The SMILES string of the molecule is C=C(C)COc1cccc(NC(=S)NC(=O)c2ccc(OCCC(C)C)cc2)c1. The minimum Gasteiger partial charge on any atom is -0.494 e. The first-order valence-corrected chi connectivity index (χ1v) is 9.96. The zero-order chi connectivity index (χ0) is 21.2. The van der Waals surface area contributed by atoms with E-state index in [2.05, 4.69) is 31.1 Å². The molecule has 0 aromatic heterocycles. The molecule has 2 rings (SSSR count). The number of nitrogens with one attached hydrogen (secondary N) is 2. The van der Waals surface area contributed by atoms with Crippen molar-refractivity contribution in [2.75, 3.05) is 18.5 Å². The van der Waals surface area contributed by atoms with Crippen molar-refractivity contribution < 1.29 is 14.3 Å². The minimum absolute atomic E-state index is 0.212. The lowest BCUT2D eigenvalue weighted by atomic mass is 10.1. The van der Waals surface area contributed by atoms with Gasteiger partial charge in [0.25, 0.3) is 5.91 Å². The molecule has 0 aliphatic rings. The van der Waals surface area contributed by atoms with Crippen molar-refractivity contribution in [1.29, 1.82) is 0 Å². The molecule has 1 amide bonds. The normalized spacial score (nSPS) is 10.3. The Balaban J connectivity index is 1.86. The van der Waals surface area contributed by atoms with Gasteiger partial charge in [-0.1, -0.05) is 26.5 Å². The molecule has 2 N–H and O–H groups in total. The van der Waals surface area contributed by atoms with Crippen LogP contribution >= 0.6 is 12.2 Å². The lowest BCUT2D eigenvalue weighted by molar-refractivity contribution is 0.0977. The molecular formula is C23H28N2O3S. The molecule has 0 aliphatic carbocycles. The molecule has 29 heavy (non-hydrogen) atoms. The molecule has 0 saturated heterocycles. The van der Waals surface area contributed by atoms with E-state index < -0.39 is 0 Å². The minimum atomic E-state index is -0.286. The van der Waals surface area contributed by atoms with Gasteiger partial charge in [-0.15, -0.1) is 0 Å². The molecule has 5 nitrogen and oxygen atoms in total. The van der Waals surface area contributed by atoms with Crippen LogP contribution in [-0.4, -0.2) is 24.2 Å². The molecule has 6 heteroatoms. The molecule has 0 bridgehead atoms. The number of benzene rings is 2. The summed E-state index contributed by atoms with van der Waals surface area (Å²) in [5.74, 6) is 1.74. The summed E-state index contributed by atoms with van der Waals surface area (Å²) < 4.78 is 11.3. The molecule has 0 heterocycles. The number of anilines is 1. The second-order valence-electron chi connectivity index (χ2n) is 7.24. The average Bonchev–Trinajstić information content (AvgIpc) is 2.66. The van der Waals surface area contributed by atoms with E-state index in [1.54, 1.807) is 24.3 Å². The van der Waals surface area contributed by atoms with E-state index in [-0.39, 0.29) is 11.0 Å². The maximum absolute atomic E-state index is 12.4. The zero-order valence-corrected chi connectivity index (χ0v) is 18.0. The molecule has 0 atom stereocenters. The molecule has 0 aliphatic heterocycles. The number of hydrogen-bond acceptors (Lipinski definition) is 4. The van der Waals surface area contributed by atoms with E-state index in [0.717, 1.165) is 23.4 Å². The number of rotatable bonds is 9. The third kappa shape index (κ3) is 8.35. The van der Waals surface area contributed by atoms with E-state index in [4.69, 9.17) is 21.7 Å². The van der Waals surface area contributed by atoms with Gasteiger partial charge in [-0.3, -0.25) is 10.1 Å². The number of carbonyl (C=O) groups is 1. The van der Waals surface area contributed by atoms with Crippen LogP contribution in [0.15, 0.2) is 60.7 Å². The summed E-state index contributed by atoms with van der Waals surface area (Å²) in [6.45, 7) is 11.1. The quantitative estimate of drug-likeness (QED) is 0.438. The maximum Gasteiger partial charge on any atom is 0.257 e. The van der Waals surface area contributed by atoms with Gasteiger partial charge in [0.05, 0.1) is 6.61 Å². The first-order valence-electron chi connectivity index (χ1n) is 9.56. The van der Waals surface area contributed by atoms with E-state index in [0.29, 0.717) is 30.4 Å². The van der Waals surface area contributed by atoms with Gasteiger partial charge in [0.2, 0.25) is 0 Å². The lowest BCUT2D eigenvalue weighted by Crippen LogP contribution is -2.34. The number of ether oxygens (including phenoxy) is 2. The zero-order valence-electron chi connectivity index (χ0n) is 17.2. The van der Waals surface area contributed by atoms with E-state index in [1.165, 1.54) is 0 Å². The Bertz CT molecular complexity index is 847. The highest BCUT2D eigenvalue weighted by molar-refractivity contribution is 7.80. The second-order valence-corrected chi connectivity index (χ2v) is 7.65. The van der Waals surface area contributed by atoms with Crippen molar-refractivity contribution in [2.45, 2.75) is 27.2 Å². The summed E-state index contributed by atoms with van der Waals surface area (Å²) in [6.07, 6.45) is 0.988. The topological polar surface area (TPSA) is 59.6 Å². The van der Waals surface area contributed by atoms with Gasteiger partial charge < -0.3 is 14.8 Å². The fourth-order valence-corrected chi connectivity index (χ4v) is 2.53. The predicted octanol–water partition coefficient (Wildman–Crippen LogP) is 5.19. The number of carbonyl (C=O) groups excluding carboxylic acids is 1. The van der Waals surface area contributed by atoms with Gasteiger partial charge in [-0.25, -0.2) is 0 Å². The summed E-state index contributed by atoms with van der Waals surface area (Å²) in [5, 5.41) is 5.88. The van der Waals surface area contributed by atoms with E-state index >= 15 is 0 Å². The molecule has 2 aromatic rings. The van der Waals surface area contributed by atoms with Crippen LogP contribution in [0.2, 0.25) is 0 Å². The van der Waals surface area contributed by atoms with Gasteiger partial charge in [-0.05, 0) is 73.5 Å². The fraction of sp³-hybridized carbons (Fsp3) is 0.304. The van der Waals surface area contributed by atoms with Crippen molar-refractivity contribution >= 4 is 28.9 Å². The highest BCUT2D eigenvalue weighted by Gasteiger charge is 2.09. The van der Waals surface area contributed by atoms with Gasteiger partial charge in [-0.2, -0.15) is 0 Å². The summed E-state index contributed by atoms with van der Waals surface area (Å²) in [5.41, 5.74) is 2.16. The van der Waals surface area contributed by atoms with Crippen LogP contribution < -0.4 is 20.1 Å². The summed E-state index contributed by atoms with van der Waals surface area (Å²) in [6, 6.07) is 14.4. The van der Waals surface area contributed by atoms with Crippen molar-refractivity contribution in [2.24, 2.45) is 5.92 Å². The fourth-order valence-electron chi connectivity index (χ4n) is 2.32. The number of hydrogen-bond donors (Lipinski definition) is 2. The molecule has 154 valence electrons. The van der Waals surface area contributed by atoms with Gasteiger partial charge >= 0.3 is 0 Å². The summed E-state index contributed by atoms with van der Waals surface area (Å²) in [7, 11) is 0. The Labute approximate surface area is 178 Å².